The lowest BCUT2D eigenvalue weighted by Gasteiger charge is -2.03. The maximum Gasteiger partial charge on any atom is 0.0961 e. The maximum absolute atomic E-state index is 4.89. The van der Waals surface area contributed by atoms with Crippen molar-refractivity contribution in [3.63, 3.8) is 0 Å². The molecule has 0 fully saturated rings. The molecule has 0 bridgehead atoms. The lowest BCUT2D eigenvalue weighted by atomic mass is 10.1. The van der Waals surface area contributed by atoms with Gasteiger partial charge in [-0.2, -0.15) is 0 Å². The van der Waals surface area contributed by atoms with Crippen molar-refractivity contribution in [2.45, 2.75) is 13.3 Å². The van der Waals surface area contributed by atoms with Crippen molar-refractivity contribution in [2.24, 2.45) is 0 Å². The molecule has 0 aliphatic rings. The molecular formula is C11H17NO. The monoisotopic (exact) mass is 179 g/mol. The number of rotatable bonds is 5. The first-order valence-electron chi connectivity index (χ1n) is 4.58. The summed E-state index contributed by atoms with van der Waals surface area (Å²) in [6, 6.07) is 8.63. The van der Waals surface area contributed by atoms with Gasteiger partial charge in [0.15, 0.2) is 0 Å². The molecule has 0 atom stereocenters. The third kappa shape index (κ3) is 4.06. The van der Waals surface area contributed by atoms with Gasteiger partial charge in [-0.3, -0.25) is 5.32 Å². The molecule has 0 saturated heterocycles. The highest BCUT2D eigenvalue weighted by Crippen LogP contribution is 2.02. The molecule has 0 aromatic heterocycles. The molecule has 0 aliphatic heterocycles. The molecule has 72 valence electrons. The van der Waals surface area contributed by atoms with Gasteiger partial charge < -0.3 is 4.74 Å². The Labute approximate surface area is 79.9 Å². The van der Waals surface area contributed by atoms with Gasteiger partial charge in [0.1, 0.15) is 0 Å². The first-order chi connectivity index (χ1) is 6.33. The number of benzene rings is 1. The largest absolute Gasteiger partial charge is 0.370 e. The van der Waals surface area contributed by atoms with Crippen molar-refractivity contribution >= 4 is 0 Å². The van der Waals surface area contributed by atoms with Crippen LogP contribution in [0.15, 0.2) is 24.3 Å². The van der Waals surface area contributed by atoms with Crippen LogP contribution in [0.2, 0.25) is 0 Å². The molecule has 13 heavy (non-hydrogen) atoms. The average Bonchev–Trinajstić information content (AvgIpc) is 2.15. The summed E-state index contributed by atoms with van der Waals surface area (Å²) >= 11 is 0. The zero-order valence-corrected chi connectivity index (χ0v) is 8.34. The summed E-state index contributed by atoms with van der Waals surface area (Å²) in [6.07, 6.45) is 1.06. The van der Waals surface area contributed by atoms with Crippen LogP contribution in [0.5, 0.6) is 0 Å². The summed E-state index contributed by atoms with van der Waals surface area (Å²) in [4.78, 5) is 0. The number of nitrogens with one attached hydrogen (secondary N) is 1. The van der Waals surface area contributed by atoms with Crippen LogP contribution in [0.25, 0.3) is 0 Å². The Morgan fingerprint density at radius 1 is 1.23 bits per heavy atom. The van der Waals surface area contributed by atoms with Crippen molar-refractivity contribution in [3.05, 3.63) is 35.4 Å². The predicted octanol–water partition coefficient (Wildman–Crippen LogP) is 1.73. The fourth-order valence-corrected chi connectivity index (χ4v) is 1.16. The van der Waals surface area contributed by atoms with Crippen LogP contribution in [0.1, 0.15) is 11.1 Å². The van der Waals surface area contributed by atoms with E-state index in [1.165, 1.54) is 11.1 Å². The van der Waals surface area contributed by atoms with E-state index in [0.717, 1.165) is 13.0 Å². The van der Waals surface area contributed by atoms with Crippen molar-refractivity contribution in [1.29, 1.82) is 0 Å². The van der Waals surface area contributed by atoms with E-state index in [4.69, 9.17) is 4.74 Å². The number of hydrogen-bond donors (Lipinski definition) is 1. The smallest absolute Gasteiger partial charge is 0.0961 e. The van der Waals surface area contributed by atoms with E-state index in [9.17, 15) is 0 Å². The lowest BCUT2D eigenvalue weighted by molar-refractivity contribution is 0.176. The molecule has 0 spiro atoms. The SMILES string of the molecule is COCNCCc1ccc(C)cc1. The highest BCUT2D eigenvalue weighted by atomic mass is 16.5. The summed E-state index contributed by atoms with van der Waals surface area (Å²) in [5.41, 5.74) is 2.68. The van der Waals surface area contributed by atoms with E-state index < -0.39 is 0 Å². The first kappa shape index (κ1) is 10.2. The molecule has 2 heteroatoms. The lowest BCUT2D eigenvalue weighted by Crippen LogP contribution is -2.19. The minimum absolute atomic E-state index is 0.631. The number of ether oxygens (including phenoxy) is 1. The zero-order chi connectivity index (χ0) is 9.52. The zero-order valence-electron chi connectivity index (χ0n) is 8.34. The molecule has 0 heterocycles. The summed E-state index contributed by atoms with van der Waals surface area (Å²) in [6.45, 7) is 3.70. The standard InChI is InChI=1S/C11H17NO/c1-10-3-5-11(6-4-10)7-8-12-9-13-2/h3-6,12H,7-9H2,1-2H3. The Kier molecular flexibility index (Phi) is 4.50. The van der Waals surface area contributed by atoms with Gasteiger partial charge in [0.25, 0.3) is 0 Å². The second-order valence-corrected chi connectivity index (χ2v) is 3.17. The Morgan fingerprint density at radius 2 is 1.92 bits per heavy atom. The average molecular weight is 179 g/mol. The van der Waals surface area contributed by atoms with Crippen LogP contribution >= 0.6 is 0 Å². The molecule has 2 nitrogen and oxygen atoms in total. The Hall–Kier alpha value is -0.860. The minimum Gasteiger partial charge on any atom is -0.370 e. The number of hydrogen-bond acceptors (Lipinski definition) is 2. The van der Waals surface area contributed by atoms with E-state index in [2.05, 4.69) is 36.5 Å². The normalized spacial score (nSPS) is 10.3. The summed E-state index contributed by atoms with van der Waals surface area (Å²) < 4.78 is 4.89. The van der Waals surface area contributed by atoms with Crippen LogP contribution in [0, 0.1) is 6.92 Å². The van der Waals surface area contributed by atoms with Gasteiger partial charge in [0.2, 0.25) is 0 Å². The van der Waals surface area contributed by atoms with Crippen LogP contribution in [0.4, 0.5) is 0 Å². The summed E-state index contributed by atoms with van der Waals surface area (Å²) in [5, 5.41) is 3.18. The van der Waals surface area contributed by atoms with E-state index in [0.29, 0.717) is 6.73 Å². The Balaban J connectivity index is 2.25. The predicted molar refractivity (Wildman–Crippen MR) is 54.8 cm³/mol. The van der Waals surface area contributed by atoms with Gasteiger partial charge in [0, 0.05) is 13.7 Å². The van der Waals surface area contributed by atoms with Crippen LogP contribution in [-0.4, -0.2) is 20.4 Å². The topological polar surface area (TPSA) is 21.3 Å². The highest BCUT2D eigenvalue weighted by molar-refractivity contribution is 5.21. The molecule has 1 aromatic rings. The van der Waals surface area contributed by atoms with Crippen molar-refractivity contribution in [1.82, 2.24) is 5.32 Å². The molecule has 1 N–H and O–H groups in total. The molecule has 1 aromatic carbocycles. The van der Waals surface area contributed by atoms with Gasteiger partial charge in [-0.1, -0.05) is 29.8 Å². The maximum atomic E-state index is 4.89. The third-order valence-corrected chi connectivity index (χ3v) is 1.96. The first-order valence-corrected chi connectivity index (χ1v) is 4.58. The molecule has 0 aliphatic carbocycles. The molecule has 0 radical (unpaired) electrons. The molecular weight excluding hydrogens is 162 g/mol. The van der Waals surface area contributed by atoms with Crippen LogP contribution in [-0.2, 0) is 11.2 Å². The van der Waals surface area contributed by atoms with Gasteiger partial charge >= 0.3 is 0 Å². The van der Waals surface area contributed by atoms with Crippen molar-refractivity contribution in [2.75, 3.05) is 20.4 Å². The fourth-order valence-electron chi connectivity index (χ4n) is 1.16. The third-order valence-electron chi connectivity index (χ3n) is 1.96. The van der Waals surface area contributed by atoms with Crippen LogP contribution in [0.3, 0.4) is 0 Å². The van der Waals surface area contributed by atoms with E-state index in [1.807, 2.05) is 0 Å². The van der Waals surface area contributed by atoms with Crippen molar-refractivity contribution < 1.29 is 4.74 Å². The second kappa shape index (κ2) is 5.73. The van der Waals surface area contributed by atoms with Gasteiger partial charge in [-0.25, -0.2) is 0 Å². The molecule has 0 unspecified atom stereocenters. The van der Waals surface area contributed by atoms with Gasteiger partial charge in [-0.15, -0.1) is 0 Å². The Morgan fingerprint density at radius 3 is 2.54 bits per heavy atom. The van der Waals surface area contributed by atoms with E-state index in [1.54, 1.807) is 7.11 Å². The molecule has 1 rings (SSSR count). The van der Waals surface area contributed by atoms with Crippen LogP contribution < -0.4 is 5.32 Å². The summed E-state index contributed by atoms with van der Waals surface area (Å²) in [7, 11) is 1.69. The Bertz CT molecular complexity index is 230. The highest BCUT2D eigenvalue weighted by Gasteiger charge is 1.91. The quantitative estimate of drug-likeness (QED) is 0.549. The number of aryl methyl sites for hydroxylation is 1. The molecule has 0 amide bonds. The van der Waals surface area contributed by atoms with Gasteiger partial charge in [0.05, 0.1) is 6.73 Å². The number of methoxy groups -OCH3 is 1. The van der Waals surface area contributed by atoms with E-state index >= 15 is 0 Å². The summed E-state index contributed by atoms with van der Waals surface area (Å²) in [5.74, 6) is 0. The minimum atomic E-state index is 0.631. The van der Waals surface area contributed by atoms with Crippen molar-refractivity contribution in [3.8, 4) is 0 Å². The van der Waals surface area contributed by atoms with Gasteiger partial charge in [-0.05, 0) is 18.9 Å². The van der Waals surface area contributed by atoms with E-state index in [-0.39, 0.29) is 0 Å². The fraction of sp³-hybridized carbons (Fsp3) is 0.455. The second-order valence-electron chi connectivity index (χ2n) is 3.17. The molecule has 0 saturated carbocycles.